The molecular formula is C87H80Cl7F2N23O12S2. The van der Waals surface area contributed by atoms with Crippen molar-refractivity contribution in [1.29, 1.82) is 5.41 Å². The van der Waals surface area contributed by atoms with E-state index in [0.717, 1.165) is 39.6 Å². The molecule has 9 aromatic carbocycles. The molecular weight excluding hydrogens is 1910 g/mol. The molecule has 16 N–H and O–H groups in total. The van der Waals surface area contributed by atoms with Crippen LogP contribution in [0.3, 0.4) is 0 Å². The van der Waals surface area contributed by atoms with Gasteiger partial charge >= 0.3 is 11.9 Å². The van der Waals surface area contributed by atoms with E-state index >= 15 is 0 Å². The lowest BCUT2D eigenvalue weighted by Gasteiger charge is -2.09. The Balaban J connectivity index is 0.000000141. The van der Waals surface area contributed by atoms with Crippen LogP contribution in [0.1, 0.15) is 106 Å². The molecule has 133 heavy (non-hydrogen) atoms. The fourth-order valence-corrected chi connectivity index (χ4v) is 16.1. The van der Waals surface area contributed by atoms with Crippen molar-refractivity contribution in [2.24, 2.45) is 11.5 Å². The van der Waals surface area contributed by atoms with Crippen LogP contribution < -0.4 is 39.9 Å². The Morgan fingerprint density at radius 2 is 0.684 bits per heavy atom. The van der Waals surface area contributed by atoms with Gasteiger partial charge in [0.05, 0.1) is 118 Å². The molecule has 0 fully saturated rings. The van der Waals surface area contributed by atoms with Crippen LogP contribution >= 0.6 is 105 Å². The lowest BCUT2D eigenvalue weighted by atomic mass is 10.1. The smallest absolute Gasteiger partial charge is 0.341 e. The van der Waals surface area contributed by atoms with Gasteiger partial charge < -0.3 is 89.7 Å². The summed E-state index contributed by atoms with van der Waals surface area (Å²) >= 11 is 49.2. The summed E-state index contributed by atoms with van der Waals surface area (Å²) in [5, 5.41) is 45.0. The Hall–Kier alpha value is -13.6. The van der Waals surface area contributed by atoms with Gasteiger partial charge in [0.1, 0.15) is 157 Å². The van der Waals surface area contributed by atoms with Crippen LogP contribution in [-0.4, -0.2) is 194 Å². The molecule has 35 nitrogen and oxygen atoms in total. The summed E-state index contributed by atoms with van der Waals surface area (Å²) in [5.74, 6) is 7.03. The number of aromatic hydroxyl groups is 1. The molecule has 0 aliphatic carbocycles. The van der Waals surface area contributed by atoms with Crippen molar-refractivity contribution in [2.45, 2.75) is 61.3 Å². The van der Waals surface area contributed by atoms with Gasteiger partial charge in [0, 0.05) is 12.8 Å². The van der Waals surface area contributed by atoms with Crippen molar-refractivity contribution < 1.29 is 66.5 Å². The molecule has 0 unspecified atom stereocenters. The van der Waals surface area contributed by atoms with Crippen LogP contribution in [0, 0.1) is 65.5 Å². The fraction of sp³-hybridized carbons (Fsp3) is 0.195. The van der Waals surface area contributed by atoms with E-state index in [4.69, 9.17) is 144 Å². The SMILES string of the molecule is COC(=O)c1cc(Cl)c2nc(C)[nH]c2c1OC.COc1c(-c2n[nH]c(Cc3ccc(F)cc3)n2)cc(Cl)c2nc(C)[nH]c12.COc1c(C(=N)SC)cc(Cl)c2nc(C)[nH]c12.COc1c(C(=O)O)cc(Cl)c2nc(C)[nH]c12.COc1c(C(N)=O)cc(Cl)c2nc(C)[nH]c12.COc1c(C(N)=S)cc(Cl)c2nc(C)[nH]c12.Cc1nc2c(Cl)cc(-c3n[nH]c(Cc4ccc(F)cc4)n3)c(O)c2[nH]1. The summed E-state index contributed by atoms with van der Waals surface area (Å²) in [6.45, 7) is 12.7. The predicted octanol–water partition coefficient (Wildman–Crippen LogP) is 19.4. The van der Waals surface area contributed by atoms with Gasteiger partial charge in [-0.05, 0) is 133 Å². The minimum atomic E-state index is -1.09. The van der Waals surface area contributed by atoms with Crippen molar-refractivity contribution in [3.8, 4) is 63.0 Å². The number of primary amides is 1. The number of benzene rings is 9. The molecule has 0 radical (unpaired) electrons. The number of aryl methyl sites for hydroxylation is 7. The maximum absolute atomic E-state index is 13.0. The molecule has 0 atom stereocenters. The normalized spacial score (nSPS) is 10.9. The molecule has 1 amide bonds. The van der Waals surface area contributed by atoms with Crippen molar-refractivity contribution in [3.05, 3.63) is 229 Å². The second kappa shape index (κ2) is 42.3. The largest absolute Gasteiger partial charge is 0.505 e. The van der Waals surface area contributed by atoms with E-state index < -0.39 is 17.8 Å². The van der Waals surface area contributed by atoms with E-state index in [1.165, 1.54) is 82.7 Å². The highest BCUT2D eigenvalue weighted by atomic mass is 35.5. The summed E-state index contributed by atoms with van der Waals surface area (Å²) in [6, 6.07) is 23.5. The van der Waals surface area contributed by atoms with Crippen molar-refractivity contribution in [1.82, 2.24) is 100 Å². The molecule has 46 heteroatoms. The number of fused-ring (bicyclic) bond motifs is 7. The van der Waals surface area contributed by atoms with Crippen LogP contribution in [0.15, 0.2) is 91.0 Å². The van der Waals surface area contributed by atoms with E-state index in [9.17, 15) is 28.3 Å². The number of nitrogens with one attached hydrogen (secondary N) is 10. The zero-order chi connectivity index (χ0) is 96.6. The fourth-order valence-electron chi connectivity index (χ4n) is 13.8. The monoisotopic (exact) mass is 1990 g/mol. The summed E-state index contributed by atoms with van der Waals surface area (Å²) in [4.78, 5) is 94.1. The number of ether oxygens (including phenoxy) is 7. The molecule has 0 spiro atoms. The van der Waals surface area contributed by atoms with Gasteiger partial charge in [0.15, 0.2) is 51.9 Å². The third-order valence-electron chi connectivity index (χ3n) is 19.5. The first-order valence-electron chi connectivity index (χ1n) is 39.0. The Labute approximate surface area is 797 Å². The van der Waals surface area contributed by atoms with Crippen molar-refractivity contribution in [3.63, 3.8) is 0 Å². The molecule has 0 saturated heterocycles. The van der Waals surface area contributed by atoms with E-state index in [0.29, 0.717) is 212 Å². The maximum Gasteiger partial charge on any atom is 0.341 e. The number of imidazole rings is 7. The molecule has 0 aliphatic rings. The quantitative estimate of drug-likeness (QED) is 0.0174. The maximum atomic E-state index is 13.0. The van der Waals surface area contributed by atoms with Crippen molar-refractivity contribution in [2.75, 3.05) is 56.0 Å². The van der Waals surface area contributed by atoms with Crippen LogP contribution in [0.5, 0.6) is 40.2 Å². The Morgan fingerprint density at radius 1 is 0.406 bits per heavy atom. The molecule has 0 saturated carbocycles. The Kier molecular flexibility index (Phi) is 31.3. The van der Waals surface area contributed by atoms with Crippen LogP contribution in [-0.2, 0) is 17.6 Å². The number of phenolic OH excluding ortho intramolecular Hbond substituents is 1. The van der Waals surface area contributed by atoms with Gasteiger partial charge in [0.2, 0.25) is 0 Å². The molecule has 18 rings (SSSR count). The number of carboxylic acid groups (broad SMARTS) is 1. The number of esters is 1. The number of carbonyl (C=O) groups excluding carboxylic acids is 2. The average Bonchev–Trinajstić information content (AvgIpc) is 1.59. The molecule has 0 bridgehead atoms. The summed E-state index contributed by atoms with van der Waals surface area (Å²) < 4.78 is 62.4. The molecule has 9 aromatic heterocycles. The molecule has 9 heterocycles. The first-order valence-corrected chi connectivity index (χ1v) is 43.2. The van der Waals surface area contributed by atoms with Crippen LogP contribution in [0.4, 0.5) is 8.78 Å². The summed E-state index contributed by atoms with van der Waals surface area (Å²) in [5.41, 5.74) is 24.0. The Bertz CT molecular complexity index is 7150. The zero-order valence-electron chi connectivity index (χ0n) is 72.8. The van der Waals surface area contributed by atoms with Crippen LogP contribution in [0.25, 0.3) is 100 Å². The number of thiocarbonyl (C=S) groups is 1. The number of thioether (sulfide) groups is 1. The lowest BCUT2D eigenvalue weighted by Crippen LogP contribution is -2.12. The minimum Gasteiger partial charge on any atom is -0.505 e. The number of amides is 1. The van der Waals surface area contributed by atoms with E-state index in [2.05, 4.69) is 105 Å². The van der Waals surface area contributed by atoms with Crippen molar-refractivity contribution >= 4 is 210 Å². The minimum absolute atomic E-state index is 0.00710. The second-order valence-corrected chi connectivity index (χ2v) is 32.7. The number of nitrogens with zero attached hydrogens (tertiary/aromatic N) is 11. The Morgan fingerprint density at radius 3 is 1.02 bits per heavy atom. The average molecular weight is 1990 g/mol. The van der Waals surface area contributed by atoms with Gasteiger partial charge in [-0.25, -0.2) is 63.2 Å². The summed E-state index contributed by atoms with van der Waals surface area (Å²) in [6.07, 6.45) is 2.82. The molecule has 18 aromatic rings. The number of aromatic amines is 9. The van der Waals surface area contributed by atoms with Gasteiger partial charge in [-0.2, -0.15) is 10.2 Å². The first kappa shape index (κ1) is 98.4. The lowest BCUT2D eigenvalue weighted by molar-refractivity contribution is 0.0596. The highest BCUT2D eigenvalue weighted by Gasteiger charge is 2.27. The van der Waals surface area contributed by atoms with Gasteiger partial charge in [0.25, 0.3) is 5.91 Å². The number of rotatable bonds is 17. The van der Waals surface area contributed by atoms with E-state index in [1.807, 2.05) is 27.0 Å². The number of aromatic nitrogens is 20. The number of nitrogens with two attached hydrogens (primary N) is 2. The number of phenols is 1. The number of methoxy groups -OCH3 is 7. The number of carboxylic acids is 1. The van der Waals surface area contributed by atoms with E-state index in [-0.39, 0.29) is 49.8 Å². The number of aromatic carboxylic acids is 1. The topological polar surface area (TPSA) is 516 Å². The summed E-state index contributed by atoms with van der Waals surface area (Å²) in [7, 11) is 10.4. The molecule has 0 aliphatic heterocycles. The van der Waals surface area contributed by atoms with Gasteiger partial charge in [-0.1, -0.05) is 118 Å². The highest BCUT2D eigenvalue weighted by molar-refractivity contribution is 8.13. The number of halogens is 9. The zero-order valence-corrected chi connectivity index (χ0v) is 79.8. The second-order valence-electron chi connectivity index (χ2n) is 28.6. The number of carbonyl (C=O) groups is 3. The number of hydrogen-bond acceptors (Lipinski definition) is 25. The standard InChI is InChI=1S/C18H15ClFN5O.C17H13ClFN5O.C11H12ClN3OS.C11H11ClN2O3.C10H10ClN3O2.C10H10ClN3OS.C10H9ClN2O3/c1-9-21-15-13(19)8-12(17(26-2)16(15)22-9)18-23-14(24-25-18)7-10-3-5-11(20)6-4-10;1-8-20-14-12(18)7-11(16(25)15(14)21-8)17-22-13(23-24-17)6-9-2-4-10(19)5-3-9;1-5-14-8-7(12)4-6(11(13)17-3)10(16-2)9(8)15-5;1-5-13-8-7(12)4-6(11(15)17-3)10(16-2)9(8)14-5;1-4-13-7-6(11)3-5(10(12)15)9(16-2)8(7)14-4;1-4-13-7-6(11)3-5(10(12)16)9(15-2)8(7)14-4;1-4-12-7-6(11)3-5(10(14)15)9(16-2)8(7)13-4/h3-6,8H,7H2,1-2H3,(H,21,22)(H,23,24,25);2-5,7,25H,6H2,1H3,(H,20,21)(H,22,23,24);4,13H,1-3H3,(H,14,15);4H,1-3H3,(H,13,14);3H,1-2H3,(H2,12,15)(H,13,14);3H,1-2H3,(H2,12,16)(H,13,14);3H,1-2H3,(H,12,13)(H,14,15). The molecule has 690 valence electrons. The first-order chi connectivity index (χ1) is 63.3. The highest BCUT2D eigenvalue weighted by Crippen LogP contribution is 2.43. The van der Waals surface area contributed by atoms with Gasteiger partial charge in [-0.15, -0.1) is 11.8 Å². The third-order valence-corrected chi connectivity index (χ3v) is 22.4. The van der Waals surface area contributed by atoms with Gasteiger partial charge in [-0.3, -0.25) is 20.4 Å². The number of hydrogen-bond donors (Lipinski definition) is 14. The predicted molar refractivity (Wildman–Crippen MR) is 514 cm³/mol. The van der Waals surface area contributed by atoms with Crippen LogP contribution in [0.2, 0.25) is 35.2 Å². The third kappa shape index (κ3) is 21.6. The number of H-pyrrole nitrogens is 9. The van der Waals surface area contributed by atoms with E-state index in [1.54, 1.807) is 97.6 Å².